The lowest BCUT2D eigenvalue weighted by Crippen LogP contribution is -2.09. The second-order valence-corrected chi connectivity index (χ2v) is 5.74. The van der Waals surface area contributed by atoms with Crippen LogP contribution >= 0.6 is 0 Å². The van der Waals surface area contributed by atoms with Crippen molar-refractivity contribution in [3.8, 4) is 11.3 Å². The van der Waals surface area contributed by atoms with Gasteiger partial charge in [0.1, 0.15) is 5.82 Å². The average Bonchev–Trinajstić information content (AvgIpc) is 2.84. The molecule has 0 aliphatic rings. The molecule has 0 fully saturated rings. The van der Waals surface area contributed by atoms with Crippen LogP contribution in [0.3, 0.4) is 0 Å². The maximum atomic E-state index is 11.5. The Morgan fingerprint density at radius 2 is 2.33 bits per heavy atom. The summed E-state index contributed by atoms with van der Waals surface area (Å²) < 4.78 is 13.4. The molecule has 0 saturated carbocycles. The lowest BCUT2D eigenvalue weighted by Gasteiger charge is -2.08. The zero-order valence-electron chi connectivity index (χ0n) is 10.2. The van der Waals surface area contributed by atoms with E-state index in [-0.39, 0.29) is 0 Å². The molecule has 2 aromatic heterocycles. The summed E-state index contributed by atoms with van der Waals surface area (Å²) in [5, 5.41) is 0. The Labute approximate surface area is 109 Å². The van der Waals surface area contributed by atoms with Gasteiger partial charge >= 0.3 is 0 Å². The Kier molecular flexibility index (Phi) is 4.09. The van der Waals surface area contributed by atoms with Crippen molar-refractivity contribution in [2.75, 3.05) is 17.2 Å². The number of imidazole rings is 1. The van der Waals surface area contributed by atoms with Crippen LogP contribution in [-0.2, 0) is 17.3 Å². The van der Waals surface area contributed by atoms with Gasteiger partial charge in [-0.15, -0.1) is 0 Å². The van der Waals surface area contributed by atoms with Crippen LogP contribution in [0, 0.1) is 0 Å². The highest BCUT2D eigenvalue weighted by molar-refractivity contribution is 7.84. The van der Waals surface area contributed by atoms with Gasteiger partial charge in [-0.25, -0.2) is 9.97 Å². The van der Waals surface area contributed by atoms with Crippen molar-refractivity contribution >= 4 is 16.6 Å². The molecule has 1 atom stereocenters. The third kappa shape index (κ3) is 2.95. The fourth-order valence-corrected chi connectivity index (χ4v) is 2.38. The molecule has 6 heteroatoms. The van der Waals surface area contributed by atoms with Gasteiger partial charge in [0, 0.05) is 40.6 Å². The van der Waals surface area contributed by atoms with E-state index < -0.39 is 10.8 Å². The first kappa shape index (κ1) is 12.8. The predicted octanol–water partition coefficient (Wildman–Crippen LogP) is 1.30. The Balaban J connectivity index is 2.20. The second-order valence-electron chi connectivity index (χ2n) is 3.87. The summed E-state index contributed by atoms with van der Waals surface area (Å²) in [7, 11) is -0.766. The summed E-state index contributed by atoms with van der Waals surface area (Å²) in [6.07, 6.45) is 5.20. The van der Waals surface area contributed by atoms with Crippen LogP contribution in [0.2, 0.25) is 0 Å². The van der Waals surface area contributed by atoms with Crippen molar-refractivity contribution in [3.05, 3.63) is 30.9 Å². The van der Waals surface area contributed by atoms with Gasteiger partial charge in [-0.3, -0.25) is 4.21 Å². The predicted molar refractivity (Wildman–Crippen MR) is 73.4 cm³/mol. The fraction of sp³-hybridized carbons (Fsp3) is 0.333. The van der Waals surface area contributed by atoms with E-state index in [1.807, 2.05) is 23.6 Å². The minimum atomic E-state index is -0.766. The van der Waals surface area contributed by atoms with E-state index in [4.69, 9.17) is 5.73 Å². The van der Waals surface area contributed by atoms with E-state index in [0.717, 1.165) is 11.3 Å². The number of hydrogen-bond acceptors (Lipinski definition) is 4. The summed E-state index contributed by atoms with van der Waals surface area (Å²) >= 11 is 0. The molecular formula is C12H16N4OS. The van der Waals surface area contributed by atoms with Crippen LogP contribution in [0.15, 0.2) is 30.9 Å². The van der Waals surface area contributed by atoms with Gasteiger partial charge in [-0.05, 0) is 12.1 Å². The average molecular weight is 264 g/mol. The number of hydrogen-bond donors (Lipinski definition) is 1. The molecule has 0 saturated heterocycles. The molecule has 0 aliphatic heterocycles. The highest BCUT2D eigenvalue weighted by atomic mass is 32.2. The first-order valence-electron chi connectivity index (χ1n) is 5.77. The van der Waals surface area contributed by atoms with Gasteiger partial charge < -0.3 is 10.3 Å². The van der Waals surface area contributed by atoms with Crippen LogP contribution in [-0.4, -0.2) is 30.2 Å². The first-order chi connectivity index (χ1) is 8.70. The van der Waals surface area contributed by atoms with E-state index in [2.05, 4.69) is 9.97 Å². The number of aromatic nitrogens is 3. The fourth-order valence-electron chi connectivity index (χ4n) is 1.69. The molecule has 5 nitrogen and oxygen atoms in total. The van der Waals surface area contributed by atoms with E-state index in [9.17, 15) is 4.21 Å². The molecule has 2 N–H and O–H groups in total. The number of rotatable bonds is 5. The maximum absolute atomic E-state index is 11.5. The highest BCUT2D eigenvalue weighted by Crippen LogP contribution is 2.19. The van der Waals surface area contributed by atoms with Crippen molar-refractivity contribution in [3.63, 3.8) is 0 Å². The zero-order chi connectivity index (χ0) is 13.0. The van der Waals surface area contributed by atoms with Crippen molar-refractivity contribution < 1.29 is 4.21 Å². The Bertz CT molecular complexity index is 553. The zero-order valence-corrected chi connectivity index (χ0v) is 11.1. The quantitative estimate of drug-likeness (QED) is 0.883. The number of aryl methyl sites for hydroxylation is 1. The summed E-state index contributed by atoms with van der Waals surface area (Å²) in [5.41, 5.74) is 7.61. The Morgan fingerprint density at radius 3 is 3.06 bits per heavy atom. The molecule has 0 amide bonds. The third-order valence-electron chi connectivity index (χ3n) is 2.67. The number of nitrogen functional groups attached to an aromatic ring is 1. The van der Waals surface area contributed by atoms with Gasteiger partial charge in [0.2, 0.25) is 0 Å². The monoisotopic (exact) mass is 264 g/mol. The third-order valence-corrected chi connectivity index (χ3v) is 3.95. The van der Waals surface area contributed by atoms with E-state index >= 15 is 0 Å². The smallest absolute Gasteiger partial charge is 0.123 e. The normalized spacial score (nSPS) is 12.5. The van der Waals surface area contributed by atoms with Crippen LogP contribution in [0.25, 0.3) is 11.3 Å². The van der Waals surface area contributed by atoms with Gasteiger partial charge in [0.15, 0.2) is 0 Å². The Morgan fingerprint density at radius 1 is 1.50 bits per heavy atom. The minimum absolute atomic E-state index is 0.484. The topological polar surface area (TPSA) is 73.8 Å². The molecule has 96 valence electrons. The molecule has 2 heterocycles. The minimum Gasteiger partial charge on any atom is -0.384 e. The number of nitrogens with two attached hydrogens (primary N) is 1. The van der Waals surface area contributed by atoms with Crippen LogP contribution in [0.1, 0.15) is 6.92 Å². The summed E-state index contributed by atoms with van der Waals surface area (Å²) in [5.74, 6) is 1.81. The van der Waals surface area contributed by atoms with Crippen molar-refractivity contribution in [2.24, 2.45) is 0 Å². The lowest BCUT2D eigenvalue weighted by atomic mass is 10.2. The maximum Gasteiger partial charge on any atom is 0.123 e. The van der Waals surface area contributed by atoms with Crippen molar-refractivity contribution in [1.82, 2.24) is 14.5 Å². The summed E-state index contributed by atoms with van der Waals surface area (Å²) in [6.45, 7) is 2.62. The van der Waals surface area contributed by atoms with E-state index in [0.29, 0.717) is 23.9 Å². The van der Waals surface area contributed by atoms with Gasteiger partial charge in [0.25, 0.3) is 0 Å². The molecule has 2 aromatic rings. The van der Waals surface area contributed by atoms with E-state index in [1.165, 1.54) is 0 Å². The first-order valence-corrected chi connectivity index (χ1v) is 7.26. The number of nitrogens with zero attached hydrogens (tertiary/aromatic N) is 3. The molecule has 0 aromatic carbocycles. The van der Waals surface area contributed by atoms with Crippen LogP contribution < -0.4 is 5.73 Å². The number of anilines is 1. The summed E-state index contributed by atoms with van der Waals surface area (Å²) in [6, 6.07) is 3.70. The second kappa shape index (κ2) is 5.77. The van der Waals surface area contributed by atoms with Gasteiger partial charge in [0.05, 0.1) is 18.2 Å². The molecule has 0 radical (unpaired) electrons. The molecule has 18 heavy (non-hydrogen) atoms. The highest BCUT2D eigenvalue weighted by Gasteiger charge is 2.06. The largest absolute Gasteiger partial charge is 0.384 e. The van der Waals surface area contributed by atoms with Gasteiger partial charge in [-0.2, -0.15) is 0 Å². The van der Waals surface area contributed by atoms with E-state index in [1.54, 1.807) is 18.7 Å². The van der Waals surface area contributed by atoms with Crippen molar-refractivity contribution in [1.29, 1.82) is 0 Å². The molecule has 0 bridgehead atoms. The standard InChI is InChI=1S/C12H16N4OS/c1-2-18(17)6-5-16-9-14-8-11(16)10-3-4-15-12(13)7-10/h3-4,7-9H,2,5-6H2,1H3,(H2,13,15). The van der Waals surface area contributed by atoms with Gasteiger partial charge in [-0.1, -0.05) is 6.92 Å². The summed E-state index contributed by atoms with van der Waals surface area (Å²) in [4.78, 5) is 8.10. The molecule has 0 aliphatic carbocycles. The molecule has 2 rings (SSSR count). The Hall–Kier alpha value is -1.69. The number of pyridine rings is 1. The molecular weight excluding hydrogens is 248 g/mol. The van der Waals surface area contributed by atoms with Crippen LogP contribution in [0.4, 0.5) is 5.82 Å². The lowest BCUT2D eigenvalue weighted by molar-refractivity contribution is 0.675. The molecule has 1 unspecified atom stereocenters. The molecule has 0 spiro atoms. The van der Waals surface area contributed by atoms with Crippen molar-refractivity contribution in [2.45, 2.75) is 13.5 Å². The SMILES string of the molecule is CCS(=O)CCn1cncc1-c1ccnc(N)c1. The van der Waals surface area contributed by atoms with Crippen LogP contribution in [0.5, 0.6) is 0 Å².